The van der Waals surface area contributed by atoms with Crippen LogP contribution < -0.4 is 0 Å². The topological polar surface area (TPSA) is 12.9 Å². The standard InChI is InChI=1S/C49H36N.Ir/c1-48(2)43-22-20-38(36-16-14-32-9-3-5-11-34(32)25-36)28-45(43)49(30-41-19-18-40(27-42(41)31-49)47-13-7-8-24-50-47)46-29-39(21-23-44(46)48)37-17-15-33-10-4-6-12-35(33)26-37;/h3-17,19-29H,30-31H2,1-2H3;/q-1;. The zero-order valence-corrected chi connectivity index (χ0v) is 31.1. The van der Waals surface area contributed by atoms with Crippen molar-refractivity contribution in [3.63, 3.8) is 0 Å². The Kier molecular flexibility index (Phi) is 7.48. The van der Waals surface area contributed by atoms with E-state index in [1.54, 1.807) is 0 Å². The van der Waals surface area contributed by atoms with Crippen LogP contribution in [-0.4, -0.2) is 4.98 Å². The molecule has 7 aromatic carbocycles. The number of nitrogens with zero attached hydrogens (tertiary/aromatic N) is 1. The van der Waals surface area contributed by atoms with Crippen LogP contribution in [0.25, 0.3) is 55.1 Å². The van der Waals surface area contributed by atoms with Crippen LogP contribution in [0.2, 0.25) is 0 Å². The molecular weight excluding hydrogens is 795 g/mol. The fourth-order valence-electron chi connectivity index (χ4n) is 9.02. The third-order valence-electron chi connectivity index (χ3n) is 11.6. The van der Waals surface area contributed by atoms with E-state index >= 15 is 0 Å². The van der Waals surface area contributed by atoms with Crippen LogP contribution in [-0.2, 0) is 43.8 Å². The van der Waals surface area contributed by atoms with Crippen LogP contribution in [0.15, 0.2) is 158 Å². The zero-order valence-electron chi connectivity index (χ0n) is 28.7. The second kappa shape index (κ2) is 12.0. The third-order valence-corrected chi connectivity index (χ3v) is 11.6. The number of hydrogen-bond donors (Lipinski definition) is 0. The first-order valence-corrected chi connectivity index (χ1v) is 17.7. The van der Waals surface area contributed by atoms with Gasteiger partial charge < -0.3 is 4.98 Å². The summed E-state index contributed by atoms with van der Waals surface area (Å²) in [6.45, 7) is 4.83. The molecule has 1 radical (unpaired) electrons. The molecule has 8 aromatic rings. The van der Waals surface area contributed by atoms with Crippen molar-refractivity contribution in [2.45, 2.75) is 37.5 Å². The molecule has 247 valence electrons. The smallest absolute Gasteiger partial charge is 0.0195 e. The van der Waals surface area contributed by atoms with Gasteiger partial charge in [-0.15, -0.1) is 34.9 Å². The van der Waals surface area contributed by atoms with Crippen molar-refractivity contribution in [2.24, 2.45) is 0 Å². The third kappa shape index (κ3) is 5.04. The van der Waals surface area contributed by atoms with Crippen molar-refractivity contribution in [2.75, 3.05) is 0 Å². The minimum Gasteiger partial charge on any atom is -0.305 e. The Balaban J connectivity index is 0.00000348. The first kappa shape index (κ1) is 31.8. The summed E-state index contributed by atoms with van der Waals surface area (Å²) in [6.07, 6.45) is 3.76. The minimum atomic E-state index is -0.210. The molecule has 2 aliphatic carbocycles. The molecule has 0 bridgehead atoms. The van der Waals surface area contributed by atoms with Crippen LogP contribution in [0.1, 0.15) is 47.2 Å². The van der Waals surface area contributed by atoms with E-state index in [-0.39, 0.29) is 30.9 Å². The maximum Gasteiger partial charge on any atom is 0.0195 e. The van der Waals surface area contributed by atoms with E-state index in [9.17, 15) is 0 Å². The van der Waals surface area contributed by atoms with Gasteiger partial charge in [-0.2, -0.15) is 0 Å². The van der Waals surface area contributed by atoms with E-state index in [0.717, 1.165) is 24.1 Å². The number of benzene rings is 7. The van der Waals surface area contributed by atoms with E-state index < -0.39 is 0 Å². The quantitative estimate of drug-likeness (QED) is 0.162. The van der Waals surface area contributed by atoms with Crippen LogP contribution >= 0.6 is 0 Å². The molecule has 2 heteroatoms. The first-order valence-electron chi connectivity index (χ1n) is 17.7. The Morgan fingerprint density at radius 2 is 1.00 bits per heavy atom. The van der Waals surface area contributed by atoms with Gasteiger partial charge in [0.1, 0.15) is 0 Å². The second-order valence-corrected chi connectivity index (χ2v) is 14.8. The van der Waals surface area contributed by atoms with Crippen molar-refractivity contribution in [3.8, 4) is 33.5 Å². The number of rotatable bonds is 3. The van der Waals surface area contributed by atoms with Gasteiger partial charge >= 0.3 is 0 Å². The van der Waals surface area contributed by atoms with Gasteiger partial charge in [0.05, 0.1) is 0 Å². The number of pyridine rings is 1. The maximum absolute atomic E-state index is 4.67. The summed E-state index contributed by atoms with van der Waals surface area (Å²) in [5.74, 6) is 0. The summed E-state index contributed by atoms with van der Waals surface area (Å²) in [7, 11) is 0. The van der Waals surface area contributed by atoms with Crippen molar-refractivity contribution >= 4 is 21.5 Å². The van der Waals surface area contributed by atoms with Crippen LogP contribution in [0.4, 0.5) is 0 Å². The molecule has 0 saturated heterocycles. The molecule has 0 unspecified atom stereocenters. The Morgan fingerprint density at radius 1 is 0.490 bits per heavy atom. The van der Waals surface area contributed by atoms with Gasteiger partial charge in [-0.05, 0) is 115 Å². The van der Waals surface area contributed by atoms with E-state index in [1.807, 2.05) is 12.3 Å². The molecule has 10 rings (SSSR count). The van der Waals surface area contributed by atoms with E-state index in [0.29, 0.717) is 0 Å². The summed E-state index contributed by atoms with van der Waals surface area (Å²) < 4.78 is 0. The normalized spacial score (nSPS) is 14.9. The van der Waals surface area contributed by atoms with Gasteiger partial charge in [-0.1, -0.05) is 123 Å². The van der Waals surface area contributed by atoms with Gasteiger partial charge in [-0.3, -0.25) is 0 Å². The van der Waals surface area contributed by atoms with E-state index in [4.69, 9.17) is 0 Å². The van der Waals surface area contributed by atoms with Crippen molar-refractivity contribution in [1.82, 2.24) is 4.98 Å². The van der Waals surface area contributed by atoms with Crippen molar-refractivity contribution in [3.05, 3.63) is 197 Å². The minimum absolute atomic E-state index is 0. The monoisotopic (exact) mass is 831 g/mol. The molecule has 0 fully saturated rings. The van der Waals surface area contributed by atoms with Crippen LogP contribution in [0.5, 0.6) is 0 Å². The SMILES string of the molecule is CC1(C)c2ccc(-c3ccc4ccccc4c3)cc2C2(Cc3c[c-]c(-c4ccccn4)cc3C2)c2cc(-c3ccc4ccccc4c3)ccc21.[Ir]. The maximum atomic E-state index is 4.67. The molecule has 0 amide bonds. The molecule has 0 atom stereocenters. The molecule has 1 spiro atoms. The number of aromatic nitrogens is 1. The van der Waals surface area contributed by atoms with Gasteiger partial charge in [0.25, 0.3) is 0 Å². The molecule has 0 saturated carbocycles. The second-order valence-electron chi connectivity index (χ2n) is 14.8. The number of fused-ring (bicyclic) bond motifs is 7. The summed E-state index contributed by atoms with van der Waals surface area (Å²) in [5.41, 5.74) is 15.3. The fraction of sp³-hybridized carbons (Fsp3) is 0.122. The van der Waals surface area contributed by atoms with Gasteiger partial charge in [0, 0.05) is 37.1 Å². The molecule has 1 nitrogen and oxygen atoms in total. The summed E-state index contributed by atoms with van der Waals surface area (Å²) in [6, 6.07) is 60.1. The van der Waals surface area contributed by atoms with Gasteiger partial charge in [0.2, 0.25) is 0 Å². The predicted octanol–water partition coefficient (Wildman–Crippen LogP) is 11.9. The summed E-state index contributed by atoms with van der Waals surface area (Å²) in [4.78, 5) is 4.67. The summed E-state index contributed by atoms with van der Waals surface area (Å²) >= 11 is 0. The van der Waals surface area contributed by atoms with Crippen LogP contribution in [0, 0.1) is 6.07 Å². The molecule has 1 aromatic heterocycles. The zero-order chi connectivity index (χ0) is 33.5. The largest absolute Gasteiger partial charge is 0.305 e. The number of hydrogen-bond acceptors (Lipinski definition) is 1. The Morgan fingerprint density at radius 3 is 1.57 bits per heavy atom. The van der Waals surface area contributed by atoms with E-state index in [1.165, 1.54) is 77.2 Å². The fourth-order valence-corrected chi connectivity index (χ4v) is 9.02. The van der Waals surface area contributed by atoms with Crippen molar-refractivity contribution < 1.29 is 20.1 Å². The molecule has 0 aliphatic heterocycles. The van der Waals surface area contributed by atoms with Crippen LogP contribution in [0.3, 0.4) is 0 Å². The average Bonchev–Trinajstić information content (AvgIpc) is 3.57. The first-order chi connectivity index (χ1) is 24.5. The van der Waals surface area contributed by atoms with Crippen molar-refractivity contribution in [1.29, 1.82) is 0 Å². The Bertz CT molecular complexity index is 2500. The van der Waals surface area contributed by atoms with Gasteiger partial charge in [0.15, 0.2) is 0 Å². The predicted molar refractivity (Wildman–Crippen MR) is 208 cm³/mol. The Labute approximate surface area is 313 Å². The molecular formula is C49H36IrN-. The average molecular weight is 831 g/mol. The molecule has 0 N–H and O–H groups in total. The molecule has 51 heavy (non-hydrogen) atoms. The molecule has 1 heterocycles. The summed E-state index contributed by atoms with van der Waals surface area (Å²) in [5, 5.41) is 5.09. The molecule has 2 aliphatic rings. The Hall–Kier alpha value is -5.14. The van der Waals surface area contributed by atoms with Gasteiger partial charge in [-0.25, -0.2) is 0 Å². The van der Waals surface area contributed by atoms with E-state index in [2.05, 4.69) is 170 Å².